The van der Waals surface area contributed by atoms with Crippen LogP contribution in [0.25, 0.3) is 10.8 Å². The van der Waals surface area contributed by atoms with E-state index in [0.717, 1.165) is 24.8 Å². The molecule has 3 rings (SSSR count). The fraction of sp³-hybridized carbons (Fsp3) is 0.438. The molecular formula is C16H20ClN3O2S. The number of rotatable bonds is 2. The SMILES string of the molecule is C[C@H]1CNCCCCN1S(=O)(=O)c1cccc2cncc(Cl)c12. The lowest BCUT2D eigenvalue weighted by Crippen LogP contribution is -2.46. The number of benzene rings is 1. The Bertz CT molecular complexity index is 805. The minimum absolute atomic E-state index is 0.101. The first-order chi connectivity index (χ1) is 11.0. The quantitative estimate of drug-likeness (QED) is 0.901. The molecule has 0 amide bonds. The second-order valence-electron chi connectivity index (χ2n) is 5.85. The minimum atomic E-state index is -3.62. The van der Waals surface area contributed by atoms with Crippen LogP contribution in [-0.4, -0.2) is 43.4 Å². The molecule has 1 aliphatic heterocycles. The molecule has 0 unspecified atom stereocenters. The highest BCUT2D eigenvalue weighted by atomic mass is 35.5. The highest BCUT2D eigenvalue weighted by Gasteiger charge is 2.31. The molecule has 0 bridgehead atoms. The summed E-state index contributed by atoms with van der Waals surface area (Å²) in [5.74, 6) is 0. The Morgan fingerprint density at radius 2 is 2.13 bits per heavy atom. The van der Waals surface area contributed by atoms with E-state index in [0.29, 0.717) is 23.5 Å². The van der Waals surface area contributed by atoms with Crippen molar-refractivity contribution in [3.05, 3.63) is 35.6 Å². The maximum atomic E-state index is 13.2. The molecular weight excluding hydrogens is 334 g/mol. The van der Waals surface area contributed by atoms with Gasteiger partial charge >= 0.3 is 0 Å². The summed E-state index contributed by atoms with van der Waals surface area (Å²) >= 11 is 6.24. The summed E-state index contributed by atoms with van der Waals surface area (Å²) < 4.78 is 28.1. The molecule has 1 saturated heterocycles. The number of hydrogen-bond donors (Lipinski definition) is 1. The fourth-order valence-electron chi connectivity index (χ4n) is 3.01. The van der Waals surface area contributed by atoms with Crippen molar-refractivity contribution in [2.24, 2.45) is 0 Å². The number of aromatic nitrogens is 1. The van der Waals surface area contributed by atoms with Gasteiger partial charge in [-0.1, -0.05) is 23.7 Å². The van der Waals surface area contributed by atoms with E-state index in [2.05, 4.69) is 10.3 Å². The van der Waals surface area contributed by atoms with Gasteiger partial charge in [-0.2, -0.15) is 4.31 Å². The van der Waals surface area contributed by atoms with Crippen LogP contribution in [0.4, 0.5) is 0 Å². The van der Waals surface area contributed by atoms with Gasteiger partial charge in [0.25, 0.3) is 0 Å². The molecule has 23 heavy (non-hydrogen) atoms. The predicted octanol–water partition coefficient (Wildman–Crippen LogP) is 2.65. The van der Waals surface area contributed by atoms with Crippen LogP contribution in [0.1, 0.15) is 19.8 Å². The first-order valence-corrected chi connectivity index (χ1v) is 9.58. The smallest absolute Gasteiger partial charge is 0.244 e. The topological polar surface area (TPSA) is 62.3 Å². The van der Waals surface area contributed by atoms with Gasteiger partial charge < -0.3 is 5.32 Å². The summed E-state index contributed by atoms with van der Waals surface area (Å²) in [6.07, 6.45) is 4.94. The number of nitrogens with one attached hydrogen (secondary N) is 1. The first kappa shape index (κ1) is 16.6. The number of fused-ring (bicyclic) bond motifs is 1. The lowest BCUT2D eigenvalue weighted by atomic mass is 10.2. The maximum Gasteiger partial charge on any atom is 0.244 e. The normalized spacial score (nSPS) is 21.0. The van der Waals surface area contributed by atoms with Crippen molar-refractivity contribution in [3.63, 3.8) is 0 Å². The lowest BCUT2D eigenvalue weighted by Gasteiger charge is -2.31. The summed E-state index contributed by atoms with van der Waals surface area (Å²) in [4.78, 5) is 4.30. The molecule has 2 heterocycles. The Labute approximate surface area is 141 Å². The van der Waals surface area contributed by atoms with E-state index in [1.807, 2.05) is 13.0 Å². The van der Waals surface area contributed by atoms with Crippen molar-refractivity contribution in [1.82, 2.24) is 14.6 Å². The molecule has 5 nitrogen and oxygen atoms in total. The summed E-state index contributed by atoms with van der Waals surface area (Å²) in [5.41, 5.74) is 0. The molecule has 1 aromatic carbocycles. The first-order valence-electron chi connectivity index (χ1n) is 7.76. The Hall–Kier alpha value is -1.21. The van der Waals surface area contributed by atoms with E-state index < -0.39 is 10.0 Å². The third-order valence-corrected chi connectivity index (χ3v) is 6.54. The third-order valence-electron chi connectivity index (χ3n) is 4.20. The van der Waals surface area contributed by atoms with Crippen molar-refractivity contribution >= 4 is 32.4 Å². The van der Waals surface area contributed by atoms with Crippen molar-refractivity contribution in [3.8, 4) is 0 Å². The van der Waals surface area contributed by atoms with E-state index in [-0.39, 0.29) is 10.9 Å². The summed E-state index contributed by atoms with van der Waals surface area (Å²) in [6.45, 7) is 4.05. The fourth-order valence-corrected chi connectivity index (χ4v) is 5.24. The summed E-state index contributed by atoms with van der Waals surface area (Å²) in [7, 11) is -3.62. The van der Waals surface area contributed by atoms with Gasteiger partial charge in [0.15, 0.2) is 0 Å². The van der Waals surface area contributed by atoms with Gasteiger partial charge in [0.1, 0.15) is 0 Å². The van der Waals surface area contributed by atoms with Crippen molar-refractivity contribution in [2.45, 2.75) is 30.7 Å². The highest BCUT2D eigenvalue weighted by molar-refractivity contribution is 7.89. The van der Waals surface area contributed by atoms with Crippen LogP contribution in [0.3, 0.4) is 0 Å². The van der Waals surface area contributed by atoms with Crippen LogP contribution >= 0.6 is 11.6 Å². The summed E-state index contributed by atoms with van der Waals surface area (Å²) in [6, 6.07) is 5.09. The maximum absolute atomic E-state index is 13.2. The van der Waals surface area contributed by atoms with Crippen LogP contribution in [0.15, 0.2) is 35.5 Å². The van der Waals surface area contributed by atoms with Crippen LogP contribution < -0.4 is 5.32 Å². The van der Waals surface area contributed by atoms with Gasteiger partial charge in [0.2, 0.25) is 10.0 Å². The number of halogens is 1. The van der Waals surface area contributed by atoms with Gasteiger partial charge in [-0.25, -0.2) is 8.42 Å². The molecule has 1 N–H and O–H groups in total. The number of sulfonamides is 1. The molecule has 0 saturated carbocycles. The van der Waals surface area contributed by atoms with E-state index >= 15 is 0 Å². The number of nitrogens with zero attached hydrogens (tertiary/aromatic N) is 2. The third kappa shape index (κ3) is 3.21. The molecule has 1 fully saturated rings. The molecule has 124 valence electrons. The number of hydrogen-bond acceptors (Lipinski definition) is 4. The Balaban J connectivity index is 2.12. The van der Waals surface area contributed by atoms with E-state index in [9.17, 15) is 8.42 Å². The summed E-state index contributed by atoms with van der Waals surface area (Å²) in [5, 5.41) is 4.94. The van der Waals surface area contributed by atoms with Gasteiger partial charge in [0, 0.05) is 42.3 Å². The van der Waals surface area contributed by atoms with E-state index in [1.54, 1.807) is 22.6 Å². The minimum Gasteiger partial charge on any atom is -0.315 e. The molecule has 7 heteroatoms. The molecule has 1 aliphatic rings. The van der Waals surface area contributed by atoms with Crippen LogP contribution in [-0.2, 0) is 10.0 Å². The zero-order chi connectivity index (χ0) is 16.4. The standard InChI is InChI=1S/C16H20ClN3O2S/c1-12-9-18-7-2-3-8-20(12)23(21,22)15-6-4-5-13-10-19-11-14(17)16(13)15/h4-6,10-12,18H,2-3,7-9H2,1H3/t12-/m0/s1. The Morgan fingerprint density at radius 3 is 2.96 bits per heavy atom. The van der Waals surface area contributed by atoms with E-state index in [1.165, 1.54) is 6.20 Å². The van der Waals surface area contributed by atoms with Crippen LogP contribution in [0.5, 0.6) is 0 Å². The lowest BCUT2D eigenvalue weighted by molar-refractivity contribution is 0.301. The Kier molecular flexibility index (Phi) is 4.87. The molecule has 1 aromatic heterocycles. The van der Waals surface area contributed by atoms with Crippen molar-refractivity contribution in [2.75, 3.05) is 19.6 Å². The zero-order valence-corrected chi connectivity index (χ0v) is 14.6. The molecule has 1 atom stereocenters. The number of pyridine rings is 1. The van der Waals surface area contributed by atoms with Gasteiger partial charge in [-0.3, -0.25) is 4.98 Å². The van der Waals surface area contributed by atoms with Gasteiger partial charge in [-0.15, -0.1) is 0 Å². The van der Waals surface area contributed by atoms with E-state index in [4.69, 9.17) is 11.6 Å². The average Bonchev–Trinajstić information content (AvgIpc) is 2.50. The monoisotopic (exact) mass is 353 g/mol. The molecule has 0 aliphatic carbocycles. The van der Waals surface area contributed by atoms with Crippen LogP contribution in [0.2, 0.25) is 5.02 Å². The highest BCUT2D eigenvalue weighted by Crippen LogP contribution is 2.31. The van der Waals surface area contributed by atoms with Crippen molar-refractivity contribution < 1.29 is 8.42 Å². The second-order valence-corrected chi connectivity index (χ2v) is 8.12. The molecule has 0 radical (unpaired) electrons. The largest absolute Gasteiger partial charge is 0.315 e. The molecule has 2 aromatic rings. The van der Waals surface area contributed by atoms with Gasteiger partial charge in [-0.05, 0) is 32.4 Å². The Morgan fingerprint density at radius 1 is 1.30 bits per heavy atom. The van der Waals surface area contributed by atoms with Crippen LogP contribution in [0, 0.1) is 0 Å². The molecule has 0 spiro atoms. The predicted molar refractivity (Wildman–Crippen MR) is 92.2 cm³/mol. The second kappa shape index (κ2) is 6.73. The van der Waals surface area contributed by atoms with Crippen molar-refractivity contribution in [1.29, 1.82) is 0 Å². The zero-order valence-electron chi connectivity index (χ0n) is 13.0. The van der Waals surface area contributed by atoms with Gasteiger partial charge in [0.05, 0.1) is 9.92 Å². The average molecular weight is 354 g/mol.